The molecule has 0 bridgehead atoms. The molecular weight excluding hydrogens is 372 g/mol. The Bertz CT molecular complexity index is 1010. The molecule has 0 spiro atoms. The molecule has 1 aromatic heterocycles. The lowest BCUT2D eigenvalue weighted by molar-refractivity contribution is -0.115. The number of thioether (sulfide) groups is 1. The number of carbonyl (C=O) groups excluding carboxylic acids is 1. The van der Waals surface area contributed by atoms with E-state index in [0.717, 1.165) is 29.7 Å². The summed E-state index contributed by atoms with van der Waals surface area (Å²) in [5.41, 5.74) is 2.88. The van der Waals surface area contributed by atoms with Gasteiger partial charge in [-0.3, -0.25) is 9.36 Å². The van der Waals surface area contributed by atoms with E-state index in [1.807, 2.05) is 28.8 Å². The monoisotopic (exact) mass is 392 g/mol. The third-order valence-corrected chi connectivity index (χ3v) is 5.89. The molecule has 4 rings (SSSR count). The predicted molar refractivity (Wildman–Crippen MR) is 110 cm³/mol. The molecule has 142 valence electrons. The van der Waals surface area contributed by atoms with E-state index in [1.54, 1.807) is 30.3 Å². The molecule has 1 aliphatic heterocycles. The number of amides is 1. The van der Waals surface area contributed by atoms with Crippen LogP contribution in [0.3, 0.4) is 0 Å². The molecule has 2 heterocycles. The second-order valence-electron chi connectivity index (χ2n) is 6.54. The quantitative estimate of drug-likeness (QED) is 0.644. The molecule has 3 aromatic rings. The minimum atomic E-state index is -0.257. The molecular formula is C21H20N4O2S. The molecule has 28 heavy (non-hydrogen) atoms. The van der Waals surface area contributed by atoms with Crippen molar-refractivity contribution in [1.29, 1.82) is 0 Å². The highest BCUT2D eigenvalue weighted by atomic mass is 32.2. The Morgan fingerprint density at radius 2 is 2.00 bits per heavy atom. The number of hydrogen-bond acceptors (Lipinski definition) is 5. The third kappa shape index (κ3) is 3.66. The highest BCUT2D eigenvalue weighted by Crippen LogP contribution is 2.32. The van der Waals surface area contributed by atoms with E-state index >= 15 is 0 Å². The van der Waals surface area contributed by atoms with Gasteiger partial charge in [-0.15, -0.1) is 16.8 Å². The van der Waals surface area contributed by atoms with Gasteiger partial charge in [0.15, 0.2) is 11.0 Å². The van der Waals surface area contributed by atoms with Gasteiger partial charge in [-0.25, -0.2) is 0 Å². The van der Waals surface area contributed by atoms with Gasteiger partial charge in [-0.1, -0.05) is 36.0 Å². The van der Waals surface area contributed by atoms with Gasteiger partial charge in [0.2, 0.25) is 5.91 Å². The Kier molecular flexibility index (Phi) is 5.16. The van der Waals surface area contributed by atoms with Gasteiger partial charge in [-0.2, -0.15) is 0 Å². The standard InChI is InChI=1S/C21H20N4O2S/c1-2-13-25-19(15-7-10-16(26)11-8-15)23-24-21(25)28-18-12-9-14-5-3-4-6-17(14)22-20(18)27/h2-8,10-11,18,26H,1,9,12-13H2,(H,22,27)/t18-/m0/s1. The van der Waals surface area contributed by atoms with Crippen LogP contribution in [-0.4, -0.2) is 31.0 Å². The SMILES string of the molecule is C=CCn1c(S[C@H]2CCc3ccccc3NC2=O)nnc1-c1ccc(O)cc1. The second-order valence-corrected chi connectivity index (χ2v) is 7.71. The van der Waals surface area contributed by atoms with Crippen molar-refractivity contribution in [3.8, 4) is 17.1 Å². The fourth-order valence-corrected chi connectivity index (χ4v) is 4.26. The lowest BCUT2D eigenvalue weighted by Gasteiger charge is -2.13. The molecule has 7 heteroatoms. The third-order valence-electron chi connectivity index (χ3n) is 4.65. The van der Waals surface area contributed by atoms with Crippen LogP contribution in [0.25, 0.3) is 11.4 Å². The van der Waals surface area contributed by atoms with Crippen LogP contribution in [0.5, 0.6) is 5.75 Å². The smallest absolute Gasteiger partial charge is 0.237 e. The first-order valence-electron chi connectivity index (χ1n) is 9.04. The van der Waals surface area contributed by atoms with Gasteiger partial charge in [0, 0.05) is 17.8 Å². The summed E-state index contributed by atoms with van der Waals surface area (Å²) in [5.74, 6) is 0.858. The van der Waals surface area contributed by atoms with Crippen LogP contribution in [0.4, 0.5) is 5.69 Å². The van der Waals surface area contributed by atoms with E-state index in [0.29, 0.717) is 17.5 Å². The van der Waals surface area contributed by atoms with Crippen LogP contribution in [0.15, 0.2) is 66.3 Å². The Morgan fingerprint density at radius 3 is 2.79 bits per heavy atom. The Morgan fingerprint density at radius 1 is 1.21 bits per heavy atom. The number of phenols is 1. The van der Waals surface area contributed by atoms with Crippen molar-refractivity contribution >= 4 is 23.4 Å². The zero-order valence-electron chi connectivity index (χ0n) is 15.2. The second kappa shape index (κ2) is 7.90. The van der Waals surface area contributed by atoms with E-state index in [2.05, 4.69) is 22.1 Å². The Balaban J connectivity index is 1.60. The molecule has 0 unspecified atom stereocenters. The minimum Gasteiger partial charge on any atom is -0.508 e. The van der Waals surface area contributed by atoms with Crippen molar-refractivity contribution in [1.82, 2.24) is 14.8 Å². The topological polar surface area (TPSA) is 80.0 Å². The van der Waals surface area contributed by atoms with Crippen molar-refractivity contribution in [3.05, 3.63) is 66.7 Å². The molecule has 0 fully saturated rings. The molecule has 6 nitrogen and oxygen atoms in total. The van der Waals surface area contributed by atoms with Gasteiger partial charge in [0.25, 0.3) is 0 Å². The summed E-state index contributed by atoms with van der Waals surface area (Å²) >= 11 is 1.42. The van der Waals surface area contributed by atoms with Gasteiger partial charge >= 0.3 is 0 Å². The van der Waals surface area contributed by atoms with Gasteiger partial charge in [0.1, 0.15) is 5.75 Å². The Labute approximate surface area is 167 Å². The number of aryl methyl sites for hydroxylation is 1. The maximum atomic E-state index is 12.7. The molecule has 1 aliphatic rings. The average Bonchev–Trinajstić information content (AvgIpc) is 3.01. The zero-order valence-corrected chi connectivity index (χ0v) is 16.0. The highest BCUT2D eigenvalue weighted by Gasteiger charge is 2.27. The number of hydrogen-bond donors (Lipinski definition) is 2. The number of fused-ring (bicyclic) bond motifs is 1. The van der Waals surface area contributed by atoms with Crippen LogP contribution >= 0.6 is 11.8 Å². The van der Waals surface area contributed by atoms with Crippen LogP contribution in [0, 0.1) is 0 Å². The minimum absolute atomic E-state index is 0.0192. The summed E-state index contributed by atoms with van der Waals surface area (Å²) in [6.07, 6.45) is 3.33. The fraction of sp³-hybridized carbons (Fsp3) is 0.190. The number of para-hydroxylation sites is 1. The largest absolute Gasteiger partial charge is 0.508 e. The molecule has 1 amide bonds. The average molecular weight is 392 g/mol. The first kappa shape index (κ1) is 18.3. The zero-order chi connectivity index (χ0) is 19.5. The molecule has 2 aromatic carbocycles. The number of rotatable bonds is 5. The van der Waals surface area contributed by atoms with Crippen LogP contribution in [0.1, 0.15) is 12.0 Å². The van der Waals surface area contributed by atoms with Crippen molar-refractivity contribution < 1.29 is 9.90 Å². The Hall–Kier alpha value is -3.06. The first-order valence-corrected chi connectivity index (χ1v) is 9.92. The number of aromatic nitrogens is 3. The number of phenolic OH excluding ortho intramolecular Hbond substituents is 1. The lowest BCUT2D eigenvalue weighted by Crippen LogP contribution is -2.24. The molecule has 2 N–H and O–H groups in total. The maximum absolute atomic E-state index is 12.7. The summed E-state index contributed by atoms with van der Waals surface area (Å²) in [6, 6.07) is 14.7. The number of anilines is 1. The fourth-order valence-electron chi connectivity index (χ4n) is 3.22. The van der Waals surface area contributed by atoms with E-state index in [9.17, 15) is 9.90 Å². The van der Waals surface area contributed by atoms with Crippen molar-refractivity contribution in [2.45, 2.75) is 29.8 Å². The molecule has 0 aliphatic carbocycles. The van der Waals surface area contributed by atoms with E-state index in [-0.39, 0.29) is 16.9 Å². The maximum Gasteiger partial charge on any atom is 0.237 e. The van der Waals surface area contributed by atoms with Crippen LogP contribution in [0.2, 0.25) is 0 Å². The van der Waals surface area contributed by atoms with Crippen molar-refractivity contribution in [2.24, 2.45) is 0 Å². The van der Waals surface area contributed by atoms with Crippen LogP contribution in [-0.2, 0) is 17.8 Å². The van der Waals surface area contributed by atoms with Gasteiger partial charge < -0.3 is 10.4 Å². The molecule has 0 saturated carbocycles. The molecule has 0 saturated heterocycles. The summed E-state index contributed by atoms with van der Waals surface area (Å²) in [7, 11) is 0. The number of allylic oxidation sites excluding steroid dienone is 1. The number of nitrogens with zero attached hydrogens (tertiary/aromatic N) is 3. The number of benzene rings is 2. The number of nitrogens with one attached hydrogen (secondary N) is 1. The summed E-state index contributed by atoms with van der Waals surface area (Å²) in [6.45, 7) is 4.35. The van der Waals surface area contributed by atoms with Crippen LogP contribution < -0.4 is 5.32 Å². The molecule has 1 atom stereocenters. The van der Waals surface area contributed by atoms with E-state index < -0.39 is 0 Å². The highest BCUT2D eigenvalue weighted by molar-refractivity contribution is 8.00. The van der Waals surface area contributed by atoms with E-state index in [1.165, 1.54) is 11.8 Å². The van der Waals surface area contributed by atoms with Gasteiger partial charge in [-0.05, 0) is 48.7 Å². The summed E-state index contributed by atoms with van der Waals surface area (Å²) in [4.78, 5) is 12.7. The normalized spacial score (nSPS) is 16.1. The molecule has 0 radical (unpaired) electrons. The lowest BCUT2D eigenvalue weighted by atomic mass is 10.1. The summed E-state index contributed by atoms with van der Waals surface area (Å²) < 4.78 is 1.94. The number of carbonyl (C=O) groups is 1. The van der Waals surface area contributed by atoms with Crippen molar-refractivity contribution in [3.63, 3.8) is 0 Å². The van der Waals surface area contributed by atoms with E-state index in [4.69, 9.17) is 0 Å². The number of aromatic hydroxyl groups is 1. The summed E-state index contributed by atoms with van der Waals surface area (Å²) in [5, 5.41) is 21.6. The van der Waals surface area contributed by atoms with Gasteiger partial charge in [0.05, 0.1) is 5.25 Å². The van der Waals surface area contributed by atoms with Crippen molar-refractivity contribution in [2.75, 3.05) is 5.32 Å². The predicted octanol–water partition coefficient (Wildman–Crippen LogP) is 3.88. The first-order chi connectivity index (χ1) is 13.7.